The van der Waals surface area contributed by atoms with Crippen LogP contribution in [0.25, 0.3) is 0 Å². The predicted molar refractivity (Wildman–Crippen MR) is 63.5 cm³/mol. The van der Waals surface area contributed by atoms with Crippen molar-refractivity contribution in [2.75, 3.05) is 0 Å². The van der Waals surface area contributed by atoms with E-state index in [0.29, 0.717) is 0 Å². The standard InChI is InChI=1S/C13H20O4.Zr/c1-7(14)10(8(2)15)11(9(3)16)12(17)13(4,5)6;/h10-11H,1-6H3;. The average molecular weight is 332 g/mol. The number of hydrogen-bond donors (Lipinski definition) is 0. The molecular weight excluding hydrogens is 311 g/mol. The first-order valence-corrected chi connectivity index (χ1v) is 5.55. The molecule has 1 unspecified atom stereocenters. The normalized spacial score (nSPS) is 12.6. The average Bonchev–Trinajstić information content (AvgIpc) is 2.09. The van der Waals surface area contributed by atoms with Crippen LogP contribution in [-0.2, 0) is 45.4 Å². The Morgan fingerprint density at radius 1 is 0.722 bits per heavy atom. The Labute approximate surface area is 127 Å². The maximum absolute atomic E-state index is 12.1. The number of carbonyl (C=O) groups is 4. The van der Waals surface area contributed by atoms with Crippen molar-refractivity contribution in [2.24, 2.45) is 17.3 Å². The smallest absolute Gasteiger partial charge is 0.149 e. The Hall–Kier alpha value is -0.437. The van der Waals surface area contributed by atoms with Crippen LogP contribution in [0.2, 0.25) is 0 Å². The Balaban J connectivity index is 0. The van der Waals surface area contributed by atoms with Crippen LogP contribution < -0.4 is 0 Å². The molecule has 0 aromatic carbocycles. The van der Waals surface area contributed by atoms with Gasteiger partial charge in [-0.15, -0.1) is 0 Å². The molecule has 18 heavy (non-hydrogen) atoms. The van der Waals surface area contributed by atoms with E-state index in [1.54, 1.807) is 20.8 Å². The molecule has 0 radical (unpaired) electrons. The molecule has 0 aliphatic heterocycles. The summed E-state index contributed by atoms with van der Waals surface area (Å²) in [5.41, 5.74) is -0.751. The summed E-state index contributed by atoms with van der Waals surface area (Å²) in [6.07, 6.45) is 0. The van der Waals surface area contributed by atoms with Gasteiger partial charge < -0.3 is 0 Å². The minimum absolute atomic E-state index is 0. The van der Waals surface area contributed by atoms with E-state index in [0.717, 1.165) is 0 Å². The summed E-state index contributed by atoms with van der Waals surface area (Å²) in [5.74, 6) is -3.95. The fourth-order valence-corrected chi connectivity index (χ4v) is 1.79. The molecule has 0 saturated heterocycles. The van der Waals surface area contributed by atoms with E-state index in [-0.39, 0.29) is 32.0 Å². The van der Waals surface area contributed by atoms with Crippen molar-refractivity contribution >= 4 is 23.1 Å². The summed E-state index contributed by atoms with van der Waals surface area (Å²) in [7, 11) is 0. The zero-order chi connectivity index (χ0) is 14.0. The predicted octanol–water partition coefficient (Wildman–Crippen LogP) is 1.60. The van der Waals surface area contributed by atoms with Crippen molar-refractivity contribution in [3.05, 3.63) is 0 Å². The molecule has 1 atom stereocenters. The van der Waals surface area contributed by atoms with Gasteiger partial charge in [-0.1, -0.05) is 20.8 Å². The van der Waals surface area contributed by atoms with Crippen molar-refractivity contribution in [1.29, 1.82) is 0 Å². The maximum Gasteiger partial charge on any atom is 0.149 e. The summed E-state index contributed by atoms with van der Waals surface area (Å²) in [6, 6.07) is 0. The van der Waals surface area contributed by atoms with Gasteiger partial charge in [0.25, 0.3) is 0 Å². The van der Waals surface area contributed by atoms with Crippen molar-refractivity contribution in [2.45, 2.75) is 41.5 Å². The zero-order valence-corrected chi connectivity index (χ0v) is 14.2. The summed E-state index contributed by atoms with van der Waals surface area (Å²) in [5, 5.41) is 0. The molecule has 0 amide bonds. The van der Waals surface area contributed by atoms with E-state index < -0.39 is 34.6 Å². The number of carbonyl (C=O) groups excluding carboxylic acids is 4. The van der Waals surface area contributed by atoms with Gasteiger partial charge in [0.2, 0.25) is 0 Å². The Morgan fingerprint density at radius 3 is 1.17 bits per heavy atom. The molecule has 0 fully saturated rings. The molecule has 5 heteroatoms. The SMILES string of the molecule is CC(=O)C(C(C)=O)C(C(C)=O)C(=O)C(C)(C)C.[Zr]. The fourth-order valence-electron chi connectivity index (χ4n) is 1.79. The molecular formula is C13H20O4Zr. The molecule has 0 saturated carbocycles. The second kappa shape index (κ2) is 7.23. The van der Waals surface area contributed by atoms with Crippen LogP contribution in [0.3, 0.4) is 0 Å². The van der Waals surface area contributed by atoms with Crippen molar-refractivity contribution in [3.63, 3.8) is 0 Å². The van der Waals surface area contributed by atoms with E-state index in [2.05, 4.69) is 0 Å². The molecule has 0 aromatic rings. The molecule has 0 rings (SSSR count). The van der Waals surface area contributed by atoms with E-state index in [4.69, 9.17) is 0 Å². The fraction of sp³-hybridized carbons (Fsp3) is 0.692. The van der Waals surface area contributed by atoms with Crippen LogP contribution in [0, 0.1) is 17.3 Å². The number of Topliss-reactive ketones (excluding diaryl/α,β-unsaturated/α-hetero) is 4. The molecule has 100 valence electrons. The summed E-state index contributed by atoms with van der Waals surface area (Å²) >= 11 is 0. The van der Waals surface area contributed by atoms with Gasteiger partial charge in [-0.3, -0.25) is 19.2 Å². The first-order chi connectivity index (χ1) is 7.50. The molecule has 0 spiro atoms. The van der Waals surface area contributed by atoms with E-state index in [9.17, 15) is 19.2 Å². The molecule has 4 nitrogen and oxygen atoms in total. The van der Waals surface area contributed by atoms with Gasteiger partial charge in [-0.05, 0) is 20.8 Å². The quantitative estimate of drug-likeness (QED) is 0.718. The maximum atomic E-state index is 12.1. The van der Waals surface area contributed by atoms with Crippen molar-refractivity contribution in [3.8, 4) is 0 Å². The second-order valence-electron chi connectivity index (χ2n) is 5.40. The molecule has 0 aromatic heterocycles. The van der Waals surface area contributed by atoms with Crippen LogP contribution in [0.4, 0.5) is 0 Å². The molecule has 0 bridgehead atoms. The molecule has 0 heterocycles. The van der Waals surface area contributed by atoms with Crippen LogP contribution in [0.1, 0.15) is 41.5 Å². The molecule has 0 aliphatic carbocycles. The third-order valence-electron chi connectivity index (χ3n) is 2.67. The second-order valence-corrected chi connectivity index (χ2v) is 5.40. The largest absolute Gasteiger partial charge is 0.299 e. The summed E-state index contributed by atoms with van der Waals surface area (Å²) in [6.45, 7) is 8.72. The van der Waals surface area contributed by atoms with Gasteiger partial charge >= 0.3 is 0 Å². The van der Waals surface area contributed by atoms with Gasteiger partial charge in [-0.2, -0.15) is 0 Å². The summed E-state index contributed by atoms with van der Waals surface area (Å²) < 4.78 is 0. The Kier molecular flexibility index (Phi) is 7.99. The third kappa shape index (κ3) is 5.05. The molecule has 0 aliphatic rings. The van der Waals surface area contributed by atoms with Crippen molar-refractivity contribution in [1.82, 2.24) is 0 Å². The van der Waals surface area contributed by atoms with E-state index in [1.165, 1.54) is 20.8 Å². The van der Waals surface area contributed by atoms with Gasteiger partial charge in [0.1, 0.15) is 23.1 Å². The van der Waals surface area contributed by atoms with Gasteiger partial charge in [0, 0.05) is 31.6 Å². The number of rotatable bonds is 5. The minimum atomic E-state index is -1.15. The molecule has 0 N–H and O–H groups in total. The summed E-state index contributed by atoms with van der Waals surface area (Å²) in [4.78, 5) is 46.6. The van der Waals surface area contributed by atoms with Crippen LogP contribution >= 0.6 is 0 Å². The van der Waals surface area contributed by atoms with Gasteiger partial charge in [-0.25, -0.2) is 0 Å². The number of ketones is 4. The van der Waals surface area contributed by atoms with E-state index >= 15 is 0 Å². The van der Waals surface area contributed by atoms with E-state index in [1.807, 2.05) is 0 Å². The van der Waals surface area contributed by atoms with Gasteiger partial charge in [0.15, 0.2) is 0 Å². The van der Waals surface area contributed by atoms with Gasteiger partial charge in [0.05, 0.1) is 11.8 Å². The Bertz CT molecular complexity index is 352. The Morgan fingerprint density at radius 2 is 1.00 bits per heavy atom. The minimum Gasteiger partial charge on any atom is -0.299 e. The topological polar surface area (TPSA) is 68.3 Å². The monoisotopic (exact) mass is 330 g/mol. The van der Waals surface area contributed by atoms with Crippen LogP contribution in [0.5, 0.6) is 0 Å². The van der Waals surface area contributed by atoms with Crippen LogP contribution in [-0.4, -0.2) is 23.1 Å². The third-order valence-corrected chi connectivity index (χ3v) is 2.67. The zero-order valence-electron chi connectivity index (χ0n) is 11.8. The number of hydrogen-bond acceptors (Lipinski definition) is 4. The first kappa shape index (κ1) is 19.9. The first-order valence-electron chi connectivity index (χ1n) is 5.55. The van der Waals surface area contributed by atoms with Crippen molar-refractivity contribution < 1.29 is 45.4 Å². The van der Waals surface area contributed by atoms with Crippen LogP contribution in [0.15, 0.2) is 0 Å².